The van der Waals surface area contributed by atoms with Gasteiger partial charge in [-0.05, 0) is 43.5 Å². The minimum Gasteiger partial charge on any atom is -0.393 e. The molecule has 1 amide bonds. The second-order valence-corrected chi connectivity index (χ2v) is 6.70. The van der Waals surface area contributed by atoms with E-state index in [1.807, 2.05) is 17.9 Å². The van der Waals surface area contributed by atoms with Crippen molar-refractivity contribution in [3.05, 3.63) is 34.3 Å². The van der Waals surface area contributed by atoms with Gasteiger partial charge >= 0.3 is 0 Å². The predicted molar refractivity (Wildman–Crippen MR) is 85.2 cm³/mol. The van der Waals surface area contributed by atoms with Gasteiger partial charge in [0.2, 0.25) is 0 Å². The van der Waals surface area contributed by atoms with Crippen molar-refractivity contribution in [1.82, 2.24) is 4.90 Å². The molecule has 2 aliphatic rings. The van der Waals surface area contributed by atoms with Crippen LogP contribution in [-0.2, 0) is 4.74 Å². The Balaban J connectivity index is 1.85. The van der Waals surface area contributed by atoms with Crippen LogP contribution in [0.4, 0.5) is 0 Å². The summed E-state index contributed by atoms with van der Waals surface area (Å²) in [6.45, 7) is 3.55. The summed E-state index contributed by atoms with van der Waals surface area (Å²) in [6, 6.07) is 5.32. The summed E-state index contributed by atoms with van der Waals surface area (Å²) >= 11 is 5.98. The van der Waals surface area contributed by atoms with Crippen LogP contribution in [0.25, 0.3) is 0 Å². The van der Waals surface area contributed by atoms with E-state index in [-0.39, 0.29) is 24.0 Å². The predicted octanol–water partition coefficient (Wildman–Crippen LogP) is 2.65. The van der Waals surface area contributed by atoms with Crippen molar-refractivity contribution in [2.24, 2.45) is 5.92 Å². The minimum absolute atomic E-state index is 0.0153. The zero-order valence-corrected chi connectivity index (χ0v) is 13.6. The first-order valence-electron chi connectivity index (χ1n) is 7.91. The van der Waals surface area contributed by atoms with Gasteiger partial charge in [-0.1, -0.05) is 18.0 Å². The van der Waals surface area contributed by atoms with Gasteiger partial charge in [-0.2, -0.15) is 0 Å². The molecule has 1 saturated heterocycles. The number of carbonyl (C=O) groups is 1. The number of morpholine rings is 1. The van der Waals surface area contributed by atoms with Gasteiger partial charge in [-0.15, -0.1) is 0 Å². The van der Waals surface area contributed by atoms with Crippen molar-refractivity contribution in [3.8, 4) is 0 Å². The van der Waals surface area contributed by atoms with E-state index in [0.29, 0.717) is 30.3 Å². The van der Waals surface area contributed by atoms with E-state index in [1.165, 1.54) is 0 Å². The molecule has 1 aromatic rings. The van der Waals surface area contributed by atoms with Crippen molar-refractivity contribution in [2.75, 3.05) is 19.8 Å². The topological polar surface area (TPSA) is 49.8 Å². The molecule has 1 aliphatic carbocycles. The Morgan fingerprint density at radius 2 is 2.23 bits per heavy atom. The number of amides is 1. The number of aryl methyl sites for hydroxylation is 1. The van der Waals surface area contributed by atoms with E-state index >= 15 is 0 Å². The largest absolute Gasteiger partial charge is 0.393 e. The molecule has 120 valence electrons. The fourth-order valence-corrected chi connectivity index (χ4v) is 3.90. The molecule has 3 rings (SSSR count). The van der Waals surface area contributed by atoms with Crippen LogP contribution in [0.15, 0.2) is 18.2 Å². The molecule has 1 saturated carbocycles. The number of hydrogen-bond acceptors (Lipinski definition) is 3. The number of nitrogens with zero attached hydrogens (tertiary/aromatic N) is 1. The molecule has 4 nitrogen and oxygen atoms in total. The van der Waals surface area contributed by atoms with Gasteiger partial charge in [0.05, 0.1) is 25.4 Å². The summed E-state index contributed by atoms with van der Waals surface area (Å²) in [5.74, 6) is 0.137. The number of aliphatic hydroxyl groups is 1. The van der Waals surface area contributed by atoms with Gasteiger partial charge in [0.1, 0.15) is 0 Å². The molecule has 22 heavy (non-hydrogen) atoms. The normalized spacial score (nSPS) is 28.9. The maximum absolute atomic E-state index is 13.0. The van der Waals surface area contributed by atoms with E-state index in [4.69, 9.17) is 16.3 Å². The van der Waals surface area contributed by atoms with Crippen molar-refractivity contribution in [2.45, 2.75) is 38.3 Å². The number of rotatable bonds is 2. The Labute approximate surface area is 136 Å². The quantitative estimate of drug-likeness (QED) is 0.910. The van der Waals surface area contributed by atoms with Crippen LogP contribution in [0, 0.1) is 12.8 Å². The smallest absolute Gasteiger partial charge is 0.254 e. The molecular weight excluding hydrogens is 302 g/mol. The van der Waals surface area contributed by atoms with Crippen LogP contribution in [-0.4, -0.2) is 47.8 Å². The van der Waals surface area contributed by atoms with Crippen molar-refractivity contribution >= 4 is 17.5 Å². The van der Waals surface area contributed by atoms with Crippen LogP contribution in [0.3, 0.4) is 0 Å². The van der Waals surface area contributed by atoms with E-state index in [0.717, 1.165) is 24.8 Å². The summed E-state index contributed by atoms with van der Waals surface area (Å²) in [7, 11) is 0. The van der Waals surface area contributed by atoms with Gasteiger partial charge < -0.3 is 14.7 Å². The molecule has 0 spiro atoms. The molecular formula is C17H22ClNO3. The molecule has 0 unspecified atom stereocenters. The van der Waals surface area contributed by atoms with Crippen molar-refractivity contribution in [1.29, 1.82) is 0 Å². The lowest BCUT2D eigenvalue weighted by molar-refractivity contribution is -0.0383. The fourth-order valence-electron chi connectivity index (χ4n) is 3.67. The summed E-state index contributed by atoms with van der Waals surface area (Å²) in [5.41, 5.74) is 1.57. The lowest BCUT2D eigenvalue weighted by Gasteiger charge is -2.40. The molecule has 5 heteroatoms. The molecule has 1 heterocycles. The molecule has 2 fully saturated rings. The Hall–Kier alpha value is -1.10. The molecule has 1 aromatic carbocycles. The maximum Gasteiger partial charge on any atom is 0.254 e. The highest BCUT2D eigenvalue weighted by molar-refractivity contribution is 6.30. The van der Waals surface area contributed by atoms with E-state index in [2.05, 4.69) is 0 Å². The number of halogens is 1. The summed E-state index contributed by atoms with van der Waals surface area (Å²) < 4.78 is 5.58. The summed E-state index contributed by atoms with van der Waals surface area (Å²) in [6.07, 6.45) is 2.47. The van der Waals surface area contributed by atoms with Gasteiger partial charge in [0.25, 0.3) is 5.91 Å². The first kappa shape index (κ1) is 15.8. The summed E-state index contributed by atoms with van der Waals surface area (Å²) in [5, 5.41) is 10.8. The monoisotopic (exact) mass is 323 g/mol. The van der Waals surface area contributed by atoms with Crippen LogP contribution in [0.2, 0.25) is 5.02 Å². The van der Waals surface area contributed by atoms with Gasteiger partial charge in [0, 0.05) is 23.0 Å². The molecule has 1 aliphatic heterocycles. The molecule has 0 radical (unpaired) electrons. The maximum atomic E-state index is 13.0. The Bertz CT molecular complexity index is 563. The minimum atomic E-state index is -0.326. The van der Waals surface area contributed by atoms with Crippen LogP contribution in [0.1, 0.15) is 35.2 Å². The molecule has 1 N–H and O–H groups in total. The van der Waals surface area contributed by atoms with Crippen molar-refractivity contribution < 1.29 is 14.6 Å². The summed E-state index contributed by atoms with van der Waals surface area (Å²) in [4.78, 5) is 14.8. The number of aliphatic hydroxyl groups excluding tert-OH is 1. The first-order valence-corrected chi connectivity index (χ1v) is 8.28. The van der Waals surface area contributed by atoms with Gasteiger partial charge in [-0.3, -0.25) is 4.79 Å². The third-order valence-electron chi connectivity index (χ3n) is 4.87. The lowest BCUT2D eigenvalue weighted by atomic mass is 9.93. The number of carbonyl (C=O) groups excluding carboxylic acids is 1. The first-order chi connectivity index (χ1) is 10.6. The number of benzene rings is 1. The Morgan fingerprint density at radius 3 is 2.91 bits per heavy atom. The highest BCUT2D eigenvalue weighted by Crippen LogP contribution is 2.33. The average Bonchev–Trinajstić information content (AvgIpc) is 2.93. The molecule has 0 bridgehead atoms. The van der Waals surface area contributed by atoms with Crippen molar-refractivity contribution in [3.63, 3.8) is 0 Å². The third-order valence-corrected chi connectivity index (χ3v) is 5.11. The van der Waals surface area contributed by atoms with E-state index in [9.17, 15) is 9.90 Å². The van der Waals surface area contributed by atoms with E-state index in [1.54, 1.807) is 12.1 Å². The lowest BCUT2D eigenvalue weighted by Crippen LogP contribution is -2.53. The number of ether oxygens (including phenoxy) is 1. The van der Waals surface area contributed by atoms with Gasteiger partial charge in [-0.25, -0.2) is 0 Å². The van der Waals surface area contributed by atoms with E-state index < -0.39 is 0 Å². The second kappa shape index (κ2) is 6.57. The zero-order valence-electron chi connectivity index (χ0n) is 12.8. The van der Waals surface area contributed by atoms with Crippen LogP contribution < -0.4 is 0 Å². The van der Waals surface area contributed by atoms with Gasteiger partial charge in [0.15, 0.2) is 0 Å². The Kier molecular flexibility index (Phi) is 4.71. The second-order valence-electron chi connectivity index (χ2n) is 6.26. The van der Waals surface area contributed by atoms with Crippen LogP contribution in [0.5, 0.6) is 0 Å². The zero-order chi connectivity index (χ0) is 15.7. The standard InChI is InChI=1S/C17H22ClNO3/c1-11-9-12(18)5-6-13(11)17(21)19-7-8-22-10-15(19)14-3-2-4-16(14)20/h5-6,9,14-16,20H,2-4,7-8,10H2,1H3/t14-,15+,16+/m0/s1. The highest BCUT2D eigenvalue weighted by Gasteiger charge is 2.39. The fraction of sp³-hybridized carbons (Fsp3) is 0.588. The third kappa shape index (κ3) is 3.00. The molecule has 3 atom stereocenters. The SMILES string of the molecule is Cc1cc(Cl)ccc1C(=O)N1CCOC[C@@H]1[C@@H]1CCC[C@H]1O. The molecule has 0 aromatic heterocycles. The highest BCUT2D eigenvalue weighted by atomic mass is 35.5. The Morgan fingerprint density at radius 1 is 1.41 bits per heavy atom. The average molecular weight is 324 g/mol. The van der Waals surface area contributed by atoms with Crippen LogP contribution >= 0.6 is 11.6 Å². The number of hydrogen-bond donors (Lipinski definition) is 1.